The first-order chi connectivity index (χ1) is 6.33. The molecule has 1 heterocycles. The van der Waals surface area contributed by atoms with Crippen LogP contribution in [0.5, 0.6) is 11.5 Å². The number of aromatic hydroxyl groups is 1. The van der Waals surface area contributed by atoms with Gasteiger partial charge in [0.05, 0.1) is 19.1 Å². The first-order valence-corrected chi connectivity index (χ1v) is 4.09. The topological polar surface area (TPSA) is 64.7 Å². The number of hydrogen-bond donors (Lipinski definition) is 2. The second-order valence-corrected chi connectivity index (χ2v) is 3.03. The first kappa shape index (κ1) is 8.34. The fourth-order valence-corrected chi connectivity index (χ4v) is 1.59. The quantitative estimate of drug-likeness (QED) is 0.661. The molecule has 0 radical (unpaired) electrons. The van der Waals surface area contributed by atoms with E-state index in [0.29, 0.717) is 13.2 Å². The number of benzene rings is 1. The summed E-state index contributed by atoms with van der Waals surface area (Å²) in [5, 5.41) is 9.55. The Labute approximate surface area is 75.8 Å². The van der Waals surface area contributed by atoms with Crippen molar-refractivity contribution in [1.29, 1.82) is 0 Å². The summed E-state index contributed by atoms with van der Waals surface area (Å²) in [5.41, 5.74) is 0.799. The average molecular weight is 181 g/mol. The van der Waals surface area contributed by atoms with Crippen LogP contribution < -0.4 is 10.6 Å². The molecule has 1 aromatic carbocycles. The van der Waals surface area contributed by atoms with Crippen LogP contribution in [-0.2, 0) is 4.84 Å². The van der Waals surface area contributed by atoms with Crippen molar-refractivity contribution < 1.29 is 14.7 Å². The van der Waals surface area contributed by atoms with Crippen molar-refractivity contribution in [2.24, 2.45) is 5.90 Å². The van der Waals surface area contributed by atoms with E-state index in [4.69, 9.17) is 10.6 Å². The molecular weight excluding hydrogens is 170 g/mol. The summed E-state index contributed by atoms with van der Waals surface area (Å²) < 4.78 is 5.35. The number of rotatable bonds is 2. The Bertz CT molecular complexity index is 312. The molecule has 1 aliphatic rings. The zero-order valence-corrected chi connectivity index (χ0v) is 7.06. The zero-order valence-electron chi connectivity index (χ0n) is 7.06. The number of hydrogen-bond acceptors (Lipinski definition) is 4. The third kappa shape index (κ3) is 1.34. The lowest BCUT2D eigenvalue weighted by atomic mass is 10.0. The third-order valence-corrected chi connectivity index (χ3v) is 2.19. The summed E-state index contributed by atoms with van der Waals surface area (Å²) in [6, 6.07) is 5.21. The Morgan fingerprint density at radius 3 is 3.23 bits per heavy atom. The second kappa shape index (κ2) is 3.24. The molecule has 1 atom stereocenters. The van der Waals surface area contributed by atoms with Crippen molar-refractivity contribution in [2.45, 2.75) is 5.92 Å². The van der Waals surface area contributed by atoms with Crippen LogP contribution in [0, 0.1) is 0 Å². The van der Waals surface area contributed by atoms with Gasteiger partial charge in [0, 0.05) is 5.56 Å². The second-order valence-electron chi connectivity index (χ2n) is 3.03. The molecule has 3 N–H and O–H groups in total. The van der Waals surface area contributed by atoms with E-state index >= 15 is 0 Å². The van der Waals surface area contributed by atoms with Gasteiger partial charge in [-0.25, -0.2) is 5.90 Å². The molecule has 2 rings (SSSR count). The van der Waals surface area contributed by atoms with Crippen molar-refractivity contribution in [3.63, 3.8) is 0 Å². The molecular formula is C9H11NO3. The van der Waals surface area contributed by atoms with Crippen LogP contribution in [0.2, 0.25) is 0 Å². The maximum atomic E-state index is 9.55. The van der Waals surface area contributed by atoms with Gasteiger partial charge in [0.2, 0.25) is 0 Å². The van der Waals surface area contributed by atoms with Crippen LogP contribution in [0.25, 0.3) is 0 Å². The minimum Gasteiger partial charge on any atom is -0.508 e. The van der Waals surface area contributed by atoms with Crippen molar-refractivity contribution in [3.8, 4) is 11.5 Å². The maximum absolute atomic E-state index is 9.55. The normalized spacial score (nSPS) is 19.6. The van der Waals surface area contributed by atoms with Crippen LogP contribution in [0.3, 0.4) is 0 Å². The highest BCUT2D eigenvalue weighted by Gasteiger charge is 2.27. The minimum atomic E-state index is 0.0428. The highest BCUT2D eigenvalue weighted by Crippen LogP contribution is 2.39. The van der Waals surface area contributed by atoms with Gasteiger partial charge in [0.1, 0.15) is 11.5 Å². The van der Waals surface area contributed by atoms with E-state index in [1.165, 1.54) is 0 Å². The standard InChI is InChI=1S/C9H11NO3/c10-13-5-6-4-12-8-3-1-2-7(11)9(6)8/h1-3,6,11H,4-5,10H2. The molecule has 4 heteroatoms. The fraction of sp³-hybridized carbons (Fsp3) is 0.333. The molecule has 0 bridgehead atoms. The SMILES string of the molecule is NOCC1COc2cccc(O)c21. The van der Waals surface area contributed by atoms with Crippen molar-refractivity contribution in [2.75, 3.05) is 13.2 Å². The molecule has 70 valence electrons. The number of phenols is 1. The predicted octanol–water partition coefficient (Wildman–Crippen LogP) is 0.758. The van der Waals surface area contributed by atoms with Crippen LogP contribution in [-0.4, -0.2) is 18.3 Å². The molecule has 1 aromatic rings. The average Bonchev–Trinajstić information content (AvgIpc) is 2.51. The Kier molecular flexibility index (Phi) is 2.08. The van der Waals surface area contributed by atoms with Gasteiger partial charge >= 0.3 is 0 Å². The smallest absolute Gasteiger partial charge is 0.126 e. The lowest BCUT2D eigenvalue weighted by molar-refractivity contribution is 0.114. The first-order valence-electron chi connectivity index (χ1n) is 4.09. The van der Waals surface area contributed by atoms with Crippen LogP contribution in [0.1, 0.15) is 11.5 Å². The molecule has 1 aliphatic heterocycles. The number of nitrogens with two attached hydrogens (primary N) is 1. The lowest BCUT2D eigenvalue weighted by Crippen LogP contribution is -2.12. The van der Waals surface area contributed by atoms with Gasteiger partial charge in [-0.1, -0.05) is 6.07 Å². The van der Waals surface area contributed by atoms with Gasteiger partial charge in [0.25, 0.3) is 0 Å². The summed E-state index contributed by atoms with van der Waals surface area (Å²) in [4.78, 5) is 4.55. The van der Waals surface area contributed by atoms with E-state index in [1.54, 1.807) is 12.1 Å². The van der Waals surface area contributed by atoms with E-state index in [2.05, 4.69) is 4.84 Å². The molecule has 0 aliphatic carbocycles. The summed E-state index contributed by atoms with van der Waals surface area (Å²) in [6.45, 7) is 0.884. The predicted molar refractivity (Wildman–Crippen MR) is 46.5 cm³/mol. The molecule has 0 saturated carbocycles. The van der Waals surface area contributed by atoms with Crippen LogP contribution >= 0.6 is 0 Å². The van der Waals surface area contributed by atoms with Gasteiger partial charge in [-0.2, -0.15) is 0 Å². The van der Waals surface area contributed by atoms with Gasteiger partial charge in [-0.15, -0.1) is 0 Å². The van der Waals surface area contributed by atoms with E-state index < -0.39 is 0 Å². The summed E-state index contributed by atoms with van der Waals surface area (Å²) >= 11 is 0. The lowest BCUT2D eigenvalue weighted by Gasteiger charge is -2.07. The van der Waals surface area contributed by atoms with Crippen molar-refractivity contribution in [3.05, 3.63) is 23.8 Å². The Morgan fingerprint density at radius 1 is 1.62 bits per heavy atom. The Hall–Kier alpha value is -1.26. The maximum Gasteiger partial charge on any atom is 0.126 e. The molecule has 0 spiro atoms. The molecule has 1 unspecified atom stereocenters. The highest BCUT2D eigenvalue weighted by molar-refractivity contribution is 5.48. The van der Waals surface area contributed by atoms with E-state index in [-0.39, 0.29) is 11.7 Å². The summed E-state index contributed by atoms with van der Waals surface area (Å²) in [6.07, 6.45) is 0. The monoisotopic (exact) mass is 181 g/mol. The molecule has 4 nitrogen and oxygen atoms in total. The number of phenolic OH excluding ortho intramolecular Hbond substituents is 1. The van der Waals surface area contributed by atoms with Crippen LogP contribution in [0.4, 0.5) is 0 Å². The van der Waals surface area contributed by atoms with Gasteiger partial charge < -0.3 is 14.7 Å². The number of ether oxygens (including phenoxy) is 1. The number of fused-ring (bicyclic) bond motifs is 1. The van der Waals surface area contributed by atoms with E-state index in [0.717, 1.165) is 11.3 Å². The van der Waals surface area contributed by atoms with Crippen molar-refractivity contribution in [1.82, 2.24) is 0 Å². The van der Waals surface area contributed by atoms with Gasteiger partial charge in [-0.3, -0.25) is 0 Å². The minimum absolute atomic E-state index is 0.0428. The summed E-state index contributed by atoms with van der Waals surface area (Å²) in [7, 11) is 0. The Morgan fingerprint density at radius 2 is 2.46 bits per heavy atom. The van der Waals surface area contributed by atoms with E-state index in [9.17, 15) is 5.11 Å². The third-order valence-electron chi connectivity index (χ3n) is 2.19. The van der Waals surface area contributed by atoms with E-state index in [1.807, 2.05) is 6.07 Å². The molecule has 0 saturated heterocycles. The van der Waals surface area contributed by atoms with Crippen LogP contribution in [0.15, 0.2) is 18.2 Å². The molecule has 0 fully saturated rings. The highest BCUT2D eigenvalue weighted by atomic mass is 16.6. The largest absolute Gasteiger partial charge is 0.508 e. The fourth-order valence-electron chi connectivity index (χ4n) is 1.59. The van der Waals surface area contributed by atoms with Crippen molar-refractivity contribution >= 4 is 0 Å². The summed E-state index contributed by atoms with van der Waals surface area (Å²) in [5.74, 6) is 5.99. The molecule has 0 aromatic heterocycles. The zero-order chi connectivity index (χ0) is 9.26. The Balaban J connectivity index is 2.34. The molecule has 0 amide bonds. The van der Waals surface area contributed by atoms with Gasteiger partial charge in [-0.05, 0) is 12.1 Å². The van der Waals surface area contributed by atoms with Gasteiger partial charge in [0.15, 0.2) is 0 Å². The molecule has 13 heavy (non-hydrogen) atoms.